The van der Waals surface area contributed by atoms with E-state index in [0.717, 1.165) is 45.4 Å². The first-order valence-corrected chi connectivity index (χ1v) is 13.8. The first-order chi connectivity index (χ1) is 20.5. The van der Waals surface area contributed by atoms with Crippen molar-refractivity contribution < 1.29 is 10.0 Å². The van der Waals surface area contributed by atoms with Gasteiger partial charge in [0.05, 0.1) is 11.2 Å². The molecule has 6 nitrogen and oxygen atoms in total. The summed E-state index contributed by atoms with van der Waals surface area (Å²) in [6.07, 6.45) is 14.8. The Hall–Kier alpha value is -5.11. The lowest BCUT2D eigenvalue weighted by Gasteiger charge is -2.13. The number of aromatic nitrogens is 4. The first kappa shape index (κ1) is 27.1. The molecule has 0 saturated carbocycles. The van der Waals surface area contributed by atoms with Gasteiger partial charge in [0, 0.05) is 33.3 Å². The highest BCUT2D eigenvalue weighted by molar-refractivity contribution is 6.66. The summed E-state index contributed by atoms with van der Waals surface area (Å²) < 4.78 is 2.10. The monoisotopic (exact) mass is 548 g/mol. The van der Waals surface area contributed by atoms with Gasteiger partial charge in [-0.25, -0.2) is 15.0 Å². The van der Waals surface area contributed by atoms with E-state index in [0.29, 0.717) is 23.0 Å². The smallest absolute Gasteiger partial charge is 0.423 e. The molecule has 0 spiro atoms. The van der Waals surface area contributed by atoms with Gasteiger partial charge >= 0.3 is 7.12 Å². The molecule has 2 N–H and O–H groups in total. The average Bonchev–Trinajstić information content (AvgIpc) is 3.14. The van der Waals surface area contributed by atoms with Crippen LogP contribution < -0.4 is 0 Å². The summed E-state index contributed by atoms with van der Waals surface area (Å²) in [5.74, 6) is 1.81. The molecule has 0 aliphatic heterocycles. The molecule has 42 heavy (non-hydrogen) atoms. The minimum atomic E-state index is -1.68. The molecule has 3 aromatic carbocycles. The van der Waals surface area contributed by atoms with Crippen molar-refractivity contribution in [2.75, 3.05) is 0 Å². The second kappa shape index (κ2) is 11.8. The topological polar surface area (TPSA) is 84.1 Å². The van der Waals surface area contributed by atoms with Crippen LogP contribution in [0.1, 0.15) is 30.4 Å². The lowest BCUT2D eigenvalue weighted by Crippen LogP contribution is -2.14. The standard InChI is InChI=1S/C35H29BN4O2/c1-3-14-31-32(24(2)36(41)42)29-21-11-12-22-30(29)40(31)28-20-13-19-27(23-28)35-38-33(25-15-7-4-5-8-16-25)37-34(39-35)26-17-9-6-10-18-26/h3-15,17-23,41-42H,2,16H2,1H3/b14-3-. The number of para-hydroxylation sites is 1. The van der Waals surface area contributed by atoms with Crippen molar-refractivity contribution in [3.63, 3.8) is 0 Å². The predicted octanol–water partition coefficient (Wildman–Crippen LogP) is 7.11. The third-order valence-electron chi connectivity index (χ3n) is 7.18. The maximum atomic E-state index is 10.1. The quantitative estimate of drug-likeness (QED) is 0.212. The van der Waals surface area contributed by atoms with Crippen molar-refractivity contribution in [2.45, 2.75) is 13.3 Å². The largest absolute Gasteiger partial charge is 0.488 e. The summed E-state index contributed by atoms with van der Waals surface area (Å²) in [6, 6.07) is 25.9. The Labute approximate surface area is 245 Å². The van der Waals surface area contributed by atoms with Crippen molar-refractivity contribution in [3.8, 4) is 28.5 Å². The zero-order chi connectivity index (χ0) is 29.1. The lowest BCUT2D eigenvalue weighted by molar-refractivity contribution is 0.427. The van der Waals surface area contributed by atoms with Crippen molar-refractivity contribution in [1.82, 2.24) is 19.5 Å². The van der Waals surface area contributed by atoms with Gasteiger partial charge in [-0.1, -0.05) is 104 Å². The molecule has 2 aromatic heterocycles. The second-order valence-electron chi connectivity index (χ2n) is 9.94. The predicted molar refractivity (Wildman–Crippen MR) is 172 cm³/mol. The van der Waals surface area contributed by atoms with Gasteiger partial charge in [0.15, 0.2) is 17.5 Å². The Morgan fingerprint density at radius 3 is 2.33 bits per heavy atom. The Morgan fingerprint density at radius 2 is 1.55 bits per heavy atom. The van der Waals surface area contributed by atoms with Crippen molar-refractivity contribution in [1.29, 1.82) is 0 Å². The average molecular weight is 548 g/mol. The van der Waals surface area contributed by atoms with E-state index in [1.54, 1.807) is 0 Å². The number of allylic oxidation sites excluding steroid dienone is 7. The van der Waals surface area contributed by atoms with E-state index in [-0.39, 0.29) is 5.47 Å². The number of rotatable bonds is 7. The SMILES string of the molecule is C=C(B(O)O)c1c(/C=C\C)n(-c2cccc(-c3nc(C4=CC=CC=CC4)nc(-c4ccccc4)n3)c2)c2ccccc12. The molecule has 2 heterocycles. The molecule has 1 aliphatic rings. The van der Waals surface area contributed by atoms with Crippen LogP contribution in [-0.4, -0.2) is 36.7 Å². The Balaban J connectivity index is 1.56. The van der Waals surface area contributed by atoms with Crippen LogP contribution in [0.25, 0.3) is 56.5 Å². The van der Waals surface area contributed by atoms with E-state index >= 15 is 0 Å². The van der Waals surface area contributed by atoms with Crippen molar-refractivity contribution >= 4 is 35.1 Å². The molecule has 0 bridgehead atoms. The van der Waals surface area contributed by atoms with Crippen LogP contribution in [0.4, 0.5) is 0 Å². The van der Waals surface area contributed by atoms with E-state index in [1.165, 1.54) is 0 Å². The van der Waals surface area contributed by atoms with Crippen LogP contribution in [-0.2, 0) is 0 Å². The minimum Gasteiger partial charge on any atom is -0.423 e. The fourth-order valence-corrected chi connectivity index (χ4v) is 5.21. The Morgan fingerprint density at radius 1 is 0.833 bits per heavy atom. The summed E-state index contributed by atoms with van der Waals surface area (Å²) in [4.78, 5) is 14.7. The van der Waals surface area contributed by atoms with E-state index in [9.17, 15) is 10.0 Å². The third-order valence-corrected chi connectivity index (χ3v) is 7.18. The van der Waals surface area contributed by atoms with Gasteiger partial charge in [0.1, 0.15) is 0 Å². The fourth-order valence-electron chi connectivity index (χ4n) is 5.21. The summed E-state index contributed by atoms with van der Waals surface area (Å²) in [5, 5.41) is 21.0. The van der Waals surface area contributed by atoms with Crippen LogP contribution in [0.5, 0.6) is 0 Å². The highest BCUT2D eigenvalue weighted by Crippen LogP contribution is 2.36. The zero-order valence-corrected chi connectivity index (χ0v) is 23.2. The molecule has 7 heteroatoms. The van der Waals surface area contributed by atoms with Crippen LogP contribution >= 0.6 is 0 Å². The zero-order valence-electron chi connectivity index (χ0n) is 23.2. The molecule has 6 rings (SSSR count). The molecule has 1 aliphatic carbocycles. The van der Waals surface area contributed by atoms with Crippen LogP contribution in [0.15, 0.2) is 122 Å². The number of hydrogen-bond acceptors (Lipinski definition) is 5. The van der Waals surface area contributed by atoms with Gasteiger partial charge in [-0.3, -0.25) is 0 Å². The van der Waals surface area contributed by atoms with Crippen molar-refractivity contribution in [3.05, 3.63) is 139 Å². The summed E-state index contributed by atoms with van der Waals surface area (Å²) in [7, 11) is -1.68. The van der Waals surface area contributed by atoms with Gasteiger partial charge in [-0.15, -0.1) is 0 Å². The first-order valence-electron chi connectivity index (χ1n) is 13.8. The molecule has 5 aromatic rings. The van der Waals surface area contributed by atoms with E-state index in [2.05, 4.69) is 23.3 Å². The van der Waals surface area contributed by atoms with E-state index < -0.39 is 7.12 Å². The number of hydrogen-bond donors (Lipinski definition) is 2. The van der Waals surface area contributed by atoms with Crippen molar-refractivity contribution in [2.24, 2.45) is 0 Å². The van der Waals surface area contributed by atoms with Crippen LogP contribution in [0, 0.1) is 0 Å². The van der Waals surface area contributed by atoms with Gasteiger partial charge in [0.2, 0.25) is 0 Å². The fraction of sp³-hybridized carbons (Fsp3) is 0.0571. The normalized spacial score (nSPS) is 13.0. The van der Waals surface area contributed by atoms with Gasteiger partial charge in [-0.2, -0.15) is 0 Å². The molecular weight excluding hydrogens is 519 g/mol. The summed E-state index contributed by atoms with van der Waals surface area (Å²) in [5.41, 5.74) is 6.29. The van der Waals surface area contributed by atoms with Crippen LogP contribution in [0.2, 0.25) is 0 Å². The molecule has 0 atom stereocenters. The Bertz CT molecular complexity index is 1920. The maximum Gasteiger partial charge on any atom is 0.488 e. The van der Waals surface area contributed by atoms with E-state index in [1.807, 2.05) is 116 Å². The molecule has 0 saturated heterocycles. The highest BCUT2D eigenvalue weighted by atomic mass is 16.4. The third kappa shape index (κ3) is 5.19. The molecule has 204 valence electrons. The lowest BCUT2D eigenvalue weighted by atomic mass is 9.75. The second-order valence-corrected chi connectivity index (χ2v) is 9.94. The van der Waals surface area contributed by atoms with Gasteiger partial charge in [0.25, 0.3) is 0 Å². The van der Waals surface area contributed by atoms with Gasteiger partial charge < -0.3 is 14.6 Å². The molecular formula is C35H29BN4O2. The number of nitrogens with zero attached hydrogens (tertiary/aromatic N) is 4. The Kier molecular flexibility index (Phi) is 7.60. The summed E-state index contributed by atoms with van der Waals surface area (Å²) in [6.45, 7) is 5.93. The summed E-state index contributed by atoms with van der Waals surface area (Å²) >= 11 is 0. The maximum absolute atomic E-state index is 10.1. The van der Waals surface area contributed by atoms with Gasteiger partial charge in [-0.05, 0) is 43.1 Å². The highest BCUT2D eigenvalue weighted by Gasteiger charge is 2.24. The number of fused-ring (bicyclic) bond motifs is 1. The molecule has 0 amide bonds. The van der Waals surface area contributed by atoms with E-state index in [4.69, 9.17) is 15.0 Å². The number of benzene rings is 3. The van der Waals surface area contributed by atoms with Crippen LogP contribution in [0.3, 0.4) is 0 Å². The molecule has 0 fully saturated rings. The minimum absolute atomic E-state index is 0.239. The molecule has 0 radical (unpaired) electrons. The molecule has 0 unspecified atom stereocenters.